The normalized spacial score (nSPS) is 10.7. The van der Waals surface area contributed by atoms with Crippen molar-refractivity contribution in [2.45, 2.75) is 32.8 Å². The zero-order valence-corrected chi connectivity index (χ0v) is 11.6. The molecular formula is C14H23N3O2. The van der Waals surface area contributed by atoms with E-state index in [1.165, 1.54) is 0 Å². The van der Waals surface area contributed by atoms with Gasteiger partial charge in [-0.15, -0.1) is 0 Å². The number of hydrogen-bond acceptors (Lipinski definition) is 4. The second-order valence-corrected chi connectivity index (χ2v) is 4.68. The summed E-state index contributed by atoms with van der Waals surface area (Å²) in [5.41, 5.74) is 12.6. The minimum absolute atomic E-state index is 0.274. The van der Waals surface area contributed by atoms with Gasteiger partial charge in [-0.3, -0.25) is 4.79 Å². The molecule has 0 saturated heterocycles. The molecule has 0 radical (unpaired) electrons. The lowest BCUT2D eigenvalue weighted by Crippen LogP contribution is -2.15. The molecule has 0 heterocycles. The molecule has 5 nitrogen and oxygen atoms in total. The molecule has 0 spiro atoms. The molecule has 1 aromatic rings. The summed E-state index contributed by atoms with van der Waals surface area (Å²) in [6.45, 7) is 5.59. The molecule has 19 heavy (non-hydrogen) atoms. The molecule has 0 saturated carbocycles. The molecular weight excluding hydrogens is 242 g/mol. The van der Waals surface area contributed by atoms with Gasteiger partial charge in [0.2, 0.25) is 0 Å². The van der Waals surface area contributed by atoms with Crippen molar-refractivity contribution in [3.8, 4) is 0 Å². The summed E-state index contributed by atoms with van der Waals surface area (Å²) in [5.74, 6) is -0.508. The van der Waals surface area contributed by atoms with Crippen LogP contribution in [-0.2, 0) is 4.74 Å². The second kappa shape index (κ2) is 7.63. The molecule has 106 valence electrons. The van der Waals surface area contributed by atoms with E-state index < -0.39 is 5.91 Å². The highest BCUT2D eigenvalue weighted by Crippen LogP contribution is 2.22. The topological polar surface area (TPSA) is 90.4 Å². The van der Waals surface area contributed by atoms with E-state index in [2.05, 4.69) is 5.32 Å². The van der Waals surface area contributed by atoms with Gasteiger partial charge in [-0.25, -0.2) is 0 Å². The Hall–Kier alpha value is -1.75. The van der Waals surface area contributed by atoms with E-state index in [-0.39, 0.29) is 6.10 Å². The first-order valence-electron chi connectivity index (χ1n) is 6.56. The number of para-hydroxylation sites is 1. The lowest BCUT2D eigenvalue weighted by atomic mass is 10.1. The van der Waals surface area contributed by atoms with Crippen LogP contribution in [0, 0.1) is 0 Å². The number of nitrogens with one attached hydrogen (secondary N) is 1. The van der Waals surface area contributed by atoms with Crippen LogP contribution < -0.4 is 16.8 Å². The molecule has 1 rings (SSSR count). The quantitative estimate of drug-likeness (QED) is 0.495. The van der Waals surface area contributed by atoms with E-state index in [0.717, 1.165) is 31.7 Å². The van der Waals surface area contributed by atoms with E-state index in [4.69, 9.17) is 16.2 Å². The molecule has 0 atom stereocenters. The largest absolute Gasteiger partial charge is 0.396 e. The van der Waals surface area contributed by atoms with Gasteiger partial charge in [0.15, 0.2) is 0 Å². The third kappa shape index (κ3) is 5.18. The molecule has 0 aliphatic rings. The smallest absolute Gasteiger partial charge is 0.250 e. The highest BCUT2D eigenvalue weighted by molar-refractivity contribution is 6.00. The average molecular weight is 265 g/mol. The number of ether oxygens (including phenoxy) is 1. The van der Waals surface area contributed by atoms with Crippen molar-refractivity contribution in [2.24, 2.45) is 5.73 Å². The number of anilines is 2. The van der Waals surface area contributed by atoms with Crippen LogP contribution in [0.4, 0.5) is 11.4 Å². The minimum atomic E-state index is -0.508. The number of amides is 1. The van der Waals surface area contributed by atoms with Crippen LogP contribution in [0.2, 0.25) is 0 Å². The molecule has 0 unspecified atom stereocenters. The Morgan fingerprint density at radius 1 is 1.37 bits per heavy atom. The Labute approximate surface area is 114 Å². The van der Waals surface area contributed by atoms with Crippen LogP contribution >= 0.6 is 0 Å². The summed E-state index contributed by atoms with van der Waals surface area (Å²) in [6.07, 6.45) is 2.24. The maximum Gasteiger partial charge on any atom is 0.250 e. The van der Waals surface area contributed by atoms with Crippen LogP contribution in [0.5, 0.6) is 0 Å². The van der Waals surface area contributed by atoms with Gasteiger partial charge < -0.3 is 21.5 Å². The number of nitrogens with two attached hydrogens (primary N) is 2. The summed E-state index contributed by atoms with van der Waals surface area (Å²) in [5, 5.41) is 3.21. The molecule has 1 aromatic carbocycles. The third-order valence-electron chi connectivity index (χ3n) is 2.71. The van der Waals surface area contributed by atoms with Crippen LogP contribution in [0.15, 0.2) is 18.2 Å². The van der Waals surface area contributed by atoms with Crippen LogP contribution in [0.25, 0.3) is 0 Å². The number of carbonyl (C=O) groups excluding carboxylic acids is 1. The number of rotatable bonds is 8. The number of carbonyl (C=O) groups is 1. The molecule has 0 bridgehead atoms. The van der Waals surface area contributed by atoms with E-state index >= 15 is 0 Å². The predicted molar refractivity (Wildman–Crippen MR) is 78.2 cm³/mol. The van der Waals surface area contributed by atoms with Crippen molar-refractivity contribution >= 4 is 17.3 Å². The SMILES string of the molecule is CC(C)OCCCCNc1cccc(C(N)=O)c1N. The molecule has 0 aliphatic carbocycles. The van der Waals surface area contributed by atoms with Crippen molar-refractivity contribution in [2.75, 3.05) is 24.2 Å². The Kier molecular flexibility index (Phi) is 6.15. The maximum atomic E-state index is 11.2. The van der Waals surface area contributed by atoms with Crippen molar-refractivity contribution in [3.05, 3.63) is 23.8 Å². The Morgan fingerprint density at radius 2 is 2.11 bits per heavy atom. The van der Waals surface area contributed by atoms with E-state index in [1.807, 2.05) is 19.9 Å². The summed E-state index contributed by atoms with van der Waals surface area (Å²) >= 11 is 0. The summed E-state index contributed by atoms with van der Waals surface area (Å²) in [6, 6.07) is 5.23. The van der Waals surface area contributed by atoms with E-state index in [1.54, 1.807) is 12.1 Å². The fraction of sp³-hybridized carbons (Fsp3) is 0.500. The molecule has 1 amide bonds. The zero-order valence-electron chi connectivity index (χ0n) is 11.6. The Morgan fingerprint density at radius 3 is 2.74 bits per heavy atom. The fourth-order valence-corrected chi connectivity index (χ4v) is 1.70. The number of hydrogen-bond donors (Lipinski definition) is 3. The molecule has 5 N–H and O–H groups in total. The van der Waals surface area contributed by atoms with Gasteiger partial charge in [0.1, 0.15) is 0 Å². The Balaban J connectivity index is 2.37. The molecule has 5 heteroatoms. The number of unbranched alkanes of at least 4 members (excludes halogenated alkanes) is 1. The van der Waals surface area contributed by atoms with Crippen LogP contribution in [-0.4, -0.2) is 25.2 Å². The van der Waals surface area contributed by atoms with Crippen molar-refractivity contribution in [1.82, 2.24) is 0 Å². The van der Waals surface area contributed by atoms with Gasteiger partial charge in [-0.2, -0.15) is 0 Å². The minimum Gasteiger partial charge on any atom is -0.396 e. The first-order chi connectivity index (χ1) is 9.02. The lowest BCUT2D eigenvalue weighted by Gasteiger charge is -2.12. The van der Waals surface area contributed by atoms with Crippen LogP contribution in [0.1, 0.15) is 37.0 Å². The van der Waals surface area contributed by atoms with Gasteiger partial charge in [-0.05, 0) is 38.8 Å². The van der Waals surface area contributed by atoms with Gasteiger partial charge >= 0.3 is 0 Å². The maximum absolute atomic E-state index is 11.2. The van der Waals surface area contributed by atoms with E-state index in [0.29, 0.717) is 11.3 Å². The predicted octanol–water partition coefficient (Wildman–Crippen LogP) is 1.98. The average Bonchev–Trinajstić information content (AvgIpc) is 2.34. The van der Waals surface area contributed by atoms with Crippen LogP contribution in [0.3, 0.4) is 0 Å². The highest BCUT2D eigenvalue weighted by Gasteiger charge is 2.08. The van der Waals surface area contributed by atoms with Gasteiger partial charge in [0, 0.05) is 13.2 Å². The van der Waals surface area contributed by atoms with Crippen molar-refractivity contribution in [1.29, 1.82) is 0 Å². The molecule has 0 aromatic heterocycles. The Bertz CT molecular complexity index is 419. The summed E-state index contributed by atoms with van der Waals surface area (Å²) < 4.78 is 5.45. The fourth-order valence-electron chi connectivity index (χ4n) is 1.70. The van der Waals surface area contributed by atoms with Gasteiger partial charge in [0.25, 0.3) is 5.91 Å². The van der Waals surface area contributed by atoms with Gasteiger partial charge in [0.05, 0.1) is 23.0 Å². The highest BCUT2D eigenvalue weighted by atomic mass is 16.5. The lowest BCUT2D eigenvalue weighted by molar-refractivity contribution is 0.0765. The van der Waals surface area contributed by atoms with Crippen molar-refractivity contribution in [3.63, 3.8) is 0 Å². The van der Waals surface area contributed by atoms with Gasteiger partial charge in [-0.1, -0.05) is 6.07 Å². The van der Waals surface area contributed by atoms with Crippen molar-refractivity contribution < 1.29 is 9.53 Å². The molecule has 0 aliphatic heterocycles. The molecule has 0 fully saturated rings. The number of benzene rings is 1. The zero-order chi connectivity index (χ0) is 14.3. The number of primary amides is 1. The standard InChI is InChI=1S/C14H23N3O2/c1-10(2)19-9-4-3-8-17-12-7-5-6-11(13(12)15)14(16)18/h5-7,10,17H,3-4,8-9,15H2,1-2H3,(H2,16,18). The number of nitrogen functional groups attached to an aromatic ring is 1. The second-order valence-electron chi connectivity index (χ2n) is 4.68. The van der Waals surface area contributed by atoms with E-state index in [9.17, 15) is 4.79 Å². The first kappa shape index (κ1) is 15.3. The summed E-state index contributed by atoms with van der Waals surface area (Å²) in [7, 11) is 0. The first-order valence-corrected chi connectivity index (χ1v) is 6.56. The monoisotopic (exact) mass is 265 g/mol. The third-order valence-corrected chi connectivity index (χ3v) is 2.71. The summed E-state index contributed by atoms with van der Waals surface area (Å²) in [4.78, 5) is 11.2.